The van der Waals surface area contributed by atoms with Crippen LogP contribution in [0.3, 0.4) is 0 Å². The van der Waals surface area contributed by atoms with Crippen LogP contribution in [0.2, 0.25) is 10.0 Å². The Morgan fingerprint density at radius 3 is 2.45 bits per heavy atom. The van der Waals surface area contributed by atoms with Gasteiger partial charge in [0.15, 0.2) is 23.9 Å². The molecular weight excluding hydrogens is 751 g/mol. The molecule has 4 aromatic rings. The smallest absolute Gasteiger partial charge is 0.414 e. The van der Waals surface area contributed by atoms with Crippen LogP contribution < -0.4 is 19.4 Å². The lowest BCUT2D eigenvalue weighted by atomic mass is 9.86. The number of hydrogen-bond acceptors (Lipinski definition) is 9. The van der Waals surface area contributed by atoms with Gasteiger partial charge in [-0.2, -0.15) is 8.78 Å². The summed E-state index contributed by atoms with van der Waals surface area (Å²) in [5.41, 5.74) is 1.41. The number of alkyl halides is 2. The molecule has 0 unspecified atom stereocenters. The van der Waals surface area contributed by atoms with Crippen LogP contribution in [0.4, 0.5) is 19.3 Å². The third-order valence-electron chi connectivity index (χ3n) is 9.75. The number of carbonyl (C=O) groups excluding carboxylic acids is 2. The second-order valence-corrected chi connectivity index (χ2v) is 15.5. The number of phenols is 1. The number of halogens is 4. The number of thiophene rings is 1. The zero-order valence-corrected chi connectivity index (χ0v) is 30.8. The van der Waals surface area contributed by atoms with Gasteiger partial charge in [-0.15, -0.1) is 11.3 Å². The van der Waals surface area contributed by atoms with E-state index in [9.17, 15) is 23.5 Å². The van der Waals surface area contributed by atoms with E-state index in [0.717, 1.165) is 50.1 Å². The fourth-order valence-electron chi connectivity index (χ4n) is 6.68. The first-order chi connectivity index (χ1) is 25.6. The Bertz CT molecular complexity index is 1920. The van der Waals surface area contributed by atoms with Crippen molar-refractivity contribution in [3.8, 4) is 17.2 Å². The largest absolute Gasteiger partial charge is 0.508 e. The predicted molar refractivity (Wildman–Crippen MR) is 194 cm³/mol. The van der Waals surface area contributed by atoms with Gasteiger partial charge in [0.25, 0.3) is 0 Å². The number of amides is 1. The second-order valence-electron chi connectivity index (χ2n) is 13.5. The Balaban J connectivity index is 1.12. The lowest BCUT2D eigenvalue weighted by Gasteiger charge is -2.44. The van der Waals surface area contributed by atoms with Crippen LogP contribution in [-0.4, -0.2) is 61.0 Å². The first-order valence-corrected chi connectivity index (χ1v) is 19.0. The molecule has 15 heteroatoms. The van der Waals surface area contributed by atoms with Crippen molar-refractivity contribution in [1.29, 1.82) is 0 Å². The van der Waals surface area contributed by atoms with Crippen molar-refractivity contribution in [3.63, 3.8) is 0 Å². The van der Waals surface area contributed by atoms with Gasteiger partial charge in [-0.05, 0) is 92.6 Å². The Labute approximate surface area is 319 Å². The summed E-state index contributed by atoms with van der Waals surface area (Å²) >= 11 is 14.1. The third kappa shape index (κ3) is 9.32. The molecule has 4 fully saturated rings. The molecule has 8 rings (SSSR count). The molecule has 0 spiro atoms. The molecule has 280 valence electrons. The van der Waals surface area contributed by atoms with E-state index in [1.165, 1.54) is 35.2 Å². The van der Waals surface area contributed by atoms with Crippen molar-refractivity contribution in [2.24, 2.45) is 11.8 Å². The molecule has 2 aromatic carbocycles. The van der Waals surface area contributed by atoms with Gasteiger partial charge in [-0.1, -0.05) is 35.3 Å². The number of nitrogens with one attached hydrogen (secondary N) is 1. The molecule has 4 aliphatic rings. The summed E-state index contributed by atoms with van der Waals surface area (Å²) in [6.45, 7) is 0.0427. The van der Waals surface area contributed by atoms with E-state index in [-0.39, 0.29) is 41.2 Å². The summed E-state index contributed by atoms with van der Waals surface area (Å²) < 4.78 is 49.3. The Hall–Kier alpha value is -4.17. The zero-order chi connectivity index (χ0) is 37.1. The highest BCUT2D eigenvalue weighted by molar-refractivity contribution is 7.14. The van der Waals surface area contributed by atoms with E-state index in [1.54, 1.807) is 36.7 Å². The number of ether oxygens (including phenoxy) is 4. The Morgan fingerprint density at radius 2 is 1.77 bits per heavy atom. The minimum Gasteiger partial charge on any atom is -0.508 e. The van der Waals surface area contributed by atoms with E-state index in [0.29, 0.717) is 56.7 Å². The number of nitrogens with zero attached hydrogens (tertiary/aromatic N) is 2. The average Bonchev–Trinajstić information content (AvgIpc) is 3.85. The van der Waals surface area contributed by atoms with Crippen molar-refractivity contribution in [3.05, 3.63) is 97.9 Å². The predicted octanol–water partition coefficient (Wildman–Crippen LogP) is 8.34. The molecule has 2 bridgehead atoms. The summed E-state index contributed by atoms with van der Waals surface area (Å²) in [7, 11) is 0. The van der Waals surface area contributed by atoms with Crippen molar-refractivity contribution in [1.82, 2.24) is 4.90 Å². The van der Waals surface area contributed by atoms with E-state index in [2.05, 4.69) is 9.88 Å². The number of aromatic hydroxyl groups is 1. The number of benzene rings is 2. The van der Waals surface area contributed by atoms with Gasteiger partial charge in [-0.3, -0.25) is 9.80 Å². The van der Waals surface area contributed by atoms with Gasteiger partial charge in [0.2, 0.25) is 0 Å². The van der Waals surface area contributed by atoms with Crippen LogP contribution >= 0.6 is 34.5 Å². The quantitative estimate of drug-likeness (QED) is 0.127. The third-order valence-corrected chi connectivity index (χ3v) is 11.5. The van der Waals surface area contributed by atoms with E-state index >= 15 is 0 Å². The maximum absolute atomic E-state index is 13.8. The molecule has 2 N–H and O–H groups in total. The number of carbonyl (C=O) groups is 2. The molecular formula is C38H38Cl2F2N3O7S+. The number of fused-ring (bicyclic) bond motifs is 3. The molecule has 1 amide bonds. The van der Waals surface area contributed by atoms with Crippen LogP contribution in [0, 0.1) is 11.8 Å². The Kier molecular flexibility index (Phi) is 11.5. The lowest BCUT2D eigenvalue weighted by Crippen LogP contribution is -2.53. The molecule has 10 nitrogen and oxygen atoms in total. The van der Waals surface area contributed by atoms with Crippen LogP contribution in [-0.2, 0) is 22.4 Å². The highest BCUT2D eigenvalue weighted by Crippen LogP contribution is 2.39. The fraction of sp³-hybridized carbons (Fsp3) is 0.395. The normalized spacial score (nSPS) is 19.8. The number of aromatic amines is 1. The van der Waals surface area contributed by atoms with Gasteiger partial charge >= 0.3 is 18.7 Å². The average molecular weight is 790 g/mol. The van der Waals surface area contributed by atoms with Crippen LogP contribution in [0.15, 0.2) is 67.0 Å². The molecule has 1 aliphatic carbocycles. The molecule has 2 aromatic heterocycles. The fourth-order valence-corrected chi connectivity index (χ4v) is 8.09. The molecule has 3 saturated heterocycles. The molecule has 2 atom stereocenters. The topological polar surface area (TPSA) is 112 Å². The Morgan fingerprint density at radius 1 is 1.00 bits per heavy atom. The number of hydrogen-bond donors (Lipinski definition) is 1. The van der Waals surface area contributed by atoms with Gasteiger partial charge < -0.3 is 24.1 Å². The number of rotatable bonds is 14. The molecule has 5 heterocycles. The standard InChI is InChI=1S/C38H37Cl2F2N3O7S/c39-29-17-43-18-30(40)28(29)16-32(24-6-8-31(51-37(41)42)33(14-24)49-21-22-4-5-22)50-36(47)35-9-7-27(53-35)19-45(25-2-1-3-26(46)15-25)38(48)52-34-20-44-12-10-23(34)11-13-44/h1-3,6-9,14-15,17-18,22-23,32,34,37,46H,4-5,10-13,16,19-21H2/p+1/t32-,34-/m0/s1. The molecule has 1 saturated carbocycles. The molecule has 53 heavy (non-hydrogen) atoms. The minimum atomic E-state index is -3.06. The second kappa shape index (κ2) is 16.5. The molecule has 3 aliphatic heterocycles. The lowest BCUT2D eigenvalue weighted by molar-refractivity contribution is -0.377. The maximum Gasteiger partial charge on any atom is 0.414 e. The first-order valence-electron chi connectivity index (χ1n) is 17.4. The number of phenolic OH excluding ortho intramolecular Hbond substituents is 1. The van der Waals surface area contributed by atoms with E-state index in [4.69, 9.17) is 42.1 Å². The summed E-state index contributed by atoms with van der Waals surface area (Å²) in [6, 6.07) is 14.1. The number of H-pyrrole nitrogens is 1. The highest BCUT2D eigenvalue weighted by Gasteiger charge is 2.38. The maximum atomic E-state index is 13.8. The van der Waals surface area contributed by atoms with Crippen LogP contribution in [0.1, 0.15) is 57.5 Å². The van der Waals surface area contributed by atoms with Crippen molar-refractivity contribution < 1.29 is 47.4 Å². The van der Waals surface area contributed by atoms with Crippen LogP contribution in [0.5, 0.6) is 17.2 Å². The highest BCUT2D eigenvalue weighted by atomic mass is 35.5. The van der Waals surface area contributed by atoms with E-state index in [1.807, 2.05) is 0 Å². The first kappa shape index (κ1) is 37.2. The van der Waals surface area contributed by atoms with Gasteiger partial charge in [0, 0.05) is 29.5 Å². The van der Waals surface area contributed by atoms with Crippen LogP contribution in [0.25, 0.3) is 0 Å². The monoisotopic (exact) mass is 788 g/mol. The minimum absolute atomic E-state index is 0.00367. The number of anilines is 1. The number of piperidine rings is 3. The zero-order valence-electron chi connectivity index (χ0n) is 28.5. The van der Waals surface area contributed by atoms with Crippen molar-refractivity contribution >= 4 is 52.3 Å². The van der Waals surface area contributed by atoms with Gasteiger partial charge in [-0.25, -0.2) is 14.6 Å². The van der Waals surface area contributed by atoms with Gasteiger partial charge in [0.05, 0.1) is 18.8 Å². The summed E-state index contributed by atoms with van der Waals surface area (Å²) in [5.74, 6) is -0.0533. The number of aromatic nitrogens is 1. The number of esters is 1. The summed E-state index contributed by atoms with van der Waals surface area (Å²) in [5, 5.41) is 10.9. The van der Waals surface area contributed by atoms with Gasteiger partial charge in [0.1, 0.15) is 32.9 Å². The van der Waals surface area contributed by atoms with Crippen molar-refractivity contribution in [2.45, 2.75) is 57.5 Å². The SMILES string of the molecule is O=C(O[C@@H](Cc1c(Cl)c[nH+]cc1Cl)c1ccc(OC(F)F)c(OCC2CC2)c1)c1ccc(CN(C(=O)O[C@H]2CN3CCC2CC3)c2cccc(O)c2)s1. The molecule has 0 radical (unpaired) electrons. The van der Waals surface area contributed by atoms with Crippen molar-refractivity contribution in [2.75, 3.05) is 31.1 Å². The number of pyridine rings is 1. The summed E-state index contributed by atoms with van der Waals surface area (Å²) in [6.07, 6.45) is 5.36. The summed E-state index contributed by atoms with van der Waals surface area (Å²) in [4.78, 5) is 35.0. The van der Waals surface area contributed by atoms with E-state index < -0.39 is 24.8 Å².